The molecule has 10 nitrogen and oxygen atoms in total. The fraction of sp³-hybridized carbons (Fsp3) is 0.276. The predicted molar refractivity (Wildman–Crippen MR) is 159 cm³/mol. The van der Waals surface area contributed by atoms with Crippen molar-refractivity contribution in [1.29, 1.82) is 0 Å². The number of aryl methyl sites for hydroxylation is 2. The summed E-state index contributed by atoms with van der Waals surface area (Å²) in [6.45, 7) is 10.5. The number of benzene rings is 1. The van der Waals surface area contributed by atoms with Crippen molar-refractivity contribution in [1.82, 2.24) is 29.2 Å². The number of carbonyl (C=O) groups is 1. The van der Waals surface area contributed by atoms with E-state index in [1.165, 1.54) is 32.5 Å². The molecular formula is C29H26BrF3N8O2. The van der Waals surface area contributed by atoms with E-state index in [0.29, 0.717) is 34.0 Å². The number of alkyl halides is 3. The number of amides is 1. The maximum atomic E-state index is 14.2. The van der Waals surface area contributed by atoms with Crippen molar-refractivity contribution < 1.29 is 18.0 Å². The predicted octanol–water partition coefficient (Wildman–Crippen LogP) is 5.85. The quantitative estimate of drug-likeness (QED) is 0.251. The van der Waals surface area contributed by atoms with Crippen LogP contribution in [0.3, 0.4) is 0 Å². The zero-order chi connectivity index (χ0) is 31.2. The van der Waals surface area contributed by atoms with Gasteiger partial charge < -0.3 is 4.90 Å². The maximum absolute atomic E-state index is 14.2. The normalized spacial score (nSPS) is 15.2. The van der Waals surface area contributed by atoms with Crippen LogP contribution in [0.1, 0.15) is 52.4 Å². The molecule has 5 rings (SSSR count). The second-order valence-electron chi connectivity index (χ2n) is 10.1. The van der Waals surface area contributed by atoms with Crippen molar-refractivity contribution in [2.24, 2.45) is 9.98 Å². The van der Waals surface area contributed by atoms with E-state index < -0.39 is 23.7 Å². The summed E-state index contributed by atoms with van der Waals surface area (Å²) in [6, 6.07) is 6.33. The lowest BCUT2D eigenvalue weighted by Crippen LogP contribution is -2.46. The number of pyridine rings is 1. The van der Waals surface area contributed by atoms with Crippen molar-refractivity contribution in [2.75, 3.05) is 0 Å². The van der Waals surface area contributed by atoms with Gasteiger partial charge in [-0.25, -0.2) is 24.2 Å². The molecular weight excluding hydrogens is 629 g/mol. The first-order chi connectivity index (χ1) is 20.3. The average Bonchev–Trinajstić information content (AvgIpc) is 3.29. The van der Waals surface area contributed by atoms with Gasteiger partial charge in [-0.3, -0.25) is 14.6 Å². The summed E-state index contributed by atoms with van der Waals surface area (Å²) in [5.41, 5.74) is 1.41. The molecule has 0 fully saturated rings. The van der Waals surface area contributed by atoms with Crippen molar-refractivity contribution in [3.8, 4) is 11.6 Å². The summed E-state index contributed by atoms with van der Waals surface area (Å²) in [4.78, 5) is 46.5. The number of halogens is 4. The molecule has 222 valence electrons. The van der Waals surface area contributed by atoms with E-state index in [-0.39, 0.29) is 40.3 Å². The Bertz CT molecular complexity index is 1860. The SMILES string of the molecule is C=Nc1ncc(-n2c(-n3nc(C)cc3C)nc3c(c2=O)C[C@@H](C)N(C(=O)c2ccc(Br)c(C(F)(F)F)c2)C3)cc1N=CC. The highest BCUT2D eigenvalue weighted by molar-refractivity contribution is 9.10. The molecule has 0 spiro atoms. The smallest absolute Gasteiger partial charge is 0.330 e. The Morgan fingerprint density at radius 1 is 1.21 bits per heavy atom. The Kier molecular flexibility index (Phi) is 7.90. The molecule has 0 aliphatic carbocycles. The maximum Gasteiger partial charge on any atom is 0.417 e. The first-order valence-corrected chi connectivity index (χ1v) is 13.9. The first-order valence-electron chi connectivity index (χ1n) is 13.2. The van der Waals surface area contributed by atoms with Gasteiger partial charge in [0, 0.05) is 33.5 Å². The van der Waals surface area contributed by atoms with Crippen LogP contribution in [0.25, 0.3) is 11.6 Å². The van der Waals surface area contributed by atoms with Crippen LogP contribution in [0.15, 0.2) is 55.8 Å². The lowest BCUT2D eigenvalue weighted by Gasteiger charge is -2.34. The van der Waals surface area contributed by atoms with Crippen molar-refractivity contribution in [3.05, 3.63) is 85.1 Å². The van der Waals surface area contributed by atoms with Crippen LogP contribution in [-0.4, -0.2) is 54.1 Å². The standard InChI is InChI=1S/C29H26BrF3N8O2/c1-6-35-23-12-19(13-36-25(23)34-5)40-27(43)20-10-16(3)39(14-24(20)37-28(40)41-17(4)9-15(2)38-41)26(42)18-7-8-22(30)21(11-18)29(31,32)33/h6-9,11-13,16H,5,10,14H2,1-4H3/t16-/m1/s1. The summed E-state index contributed by atoms with van der Waals surface area (Å²) >= 11 is 2.92. The third kappa shape index (κ3) is 5.54. The Morgan fingerprint density at radius 3 is 2.58 bits per heavy atom. The molecule has 43 heavy (non-hydrogen) atoms. The molecule has 3 aromatic heterocycles. The summed E-state index contributed by atoms with van der Waals surface area (Å²) < 4.78 is 43.4. The van der Waals surface area contributed by atoms with Gasteiger partial charge in [0.15, 0.2) is 5.82 Å². The summed E-state index contributed by atoms with van der Waals surface area (Å²) in [7, 11) is 0. The fourth-order valence-electron chi connectivity index (χ4n) is 5.08. The third-order valence-electron chi connectivity index (χ3n) is 7.08. The molecule has 1 aliphatic rings. The zero-order valence-corrected chi connectivity index (χ0v) is 25.2. The topological polar surface area (TPSA) is 111 Å². The Morgan fingerprint density at radius 2 is 1.95 bits per heavy atom. The van der Waals surface area contributed by atoms with Crippen LogP contribution in [-0.2, 0) is 19.1 Å². The van der Waals surface area contributed by atoms with Gasteiger partial charge in [0.2, 0.25) is 5.95 Å². The molecule has 0 unspecified atom stereocenters. The van der Waals surface area contributed by atoms with E-state index in [4.69, 9.17) is 4.98 Å². The number of aliphatic imine (C=N–C) groups is 2. The van der Waals surface area contributed by atoms with Crippen LogP contribution < -0.4 is 5.56 Å². The third-order valence-corrected chi connectivity index (χ3v) is 7.78. The Labute approximate surface area is 252 Å². The molecule has 4 aromatic rings. The van der Waals surface area contributed by atoms with E-state index in [1.807, 2.05) is 13.0 Å². The highest BCUT2D eigenvalue weighted by Crippen LogP contribution is 2.36. The van der Waals surface area contributed by atoms with Crippen LogP contribution in [0.2, 0.25) is 0 Å². The highest BCUT2D eigenvalue weighted by atomic mass is 79.9. The number of hydrogen-bond donors (Lipinski definition) is 0. The van der Waals surface area contributed by atoms with Crippen molar-refractivity contribution >= 4 is 46.3 Å². The Balaban J connectivity index is 1.66. The minimum absolute atomic E-state index is 0.0852. The van der Waals surface area contributed by atoms with Gasteiger partial charge in [-0.2, -0.15) is 18.3 Å². The molecule has 1 amide bonds. The van der Waals surface area contributed by atoms with Gasteiger partial charge in [-0.1, -0.05) is 15.9 Å². The molecule has 1 atom stereocenters. The molecule has 0 saturated carbocycles. The minimum Gasteiger partial charge on any atom is -0.330 e. The van der Waals surface area contributed by atoms with E-state index in [1.54, 1.807) is 33.1 Å². The van der Waals surface area contributed by atoms with E-state index in [2.05, 4.69) is 42.7 Å². The lowest BCUT2D eigenvalue weighted by atomic mass is 9.98. The number of rotatable bonds is 5. The van der Waals surface area contributed by atoms with Gasteiger partial charge in [-0.15, -0.1) is 0 Å². The largest absolute Gasteiger partial charge is 0.417 e. The molecule has 0 saturated heterocycles. The number of nitrogens with zero attached hydrogens (tertiary/aromatic N) is 8. The number of carbonyl (C=O) groups excluding carboxylic acids is 1. The van der Waals surface area contributed by atoms with E-state index in [9.17, 15) is 22.8 Å². The fourth-order valence-corrected chi connectivity index (χ4v) is 5.55. The second-order valence-corrected chi connectivity index (χ2v) is 10.9. The first kappa shape index (κ1) is 30.0. The zero-order valence-electron chi connectivity index (χ0n) is 23.6. The molecule has 0 bridgehead atoms. The van der Waals surface area contributed by atoms with E-state index >= 15 is 0 Å². The number of fused-ring (bicyclic) bond motifs is 1. The number of aromatic nitrogens is 5. The summed E-state index contributed by atoms with van der Waals surface area (Å²) in [5.74, 6) is -0.154. The van der Waals surface area contributed by atoms with E-state index in [0.717, 1.165) is 6.07 Å². The van der Waals surface area contributed by atoms with Crippen LogP contribution in [0.4, 0.5) is 24.7 Å². The van der Waals surface area contributed by atoms with Gasteiger partial charge in [0.1, 0.15) is 5.69 Å². The molecule has 1 aliphatic heterocycles. The number of hydrogen-bond acceptors (Lipinski definition) is 7. The Hall–Kier alpha value is -4.46. The lowest BCUT2D eigenvalue weighted by molar-refractivity contribution is -0.138. The summed E-state index contributed by atoms with van der Waals surface area (Å²) in [6.07, 6.45) is -1.47. The molecule has 14 heteroatoms. The van der Waals surface area contributed by atoms with Gasteiger partial charge in [0.05, 0.1) is 35.4 Å². The average molecular weight is 655 g/mol. The van der Waals surface area contributed by atoms with Crippen LogP contribution in [0.5, 0.6) is 0 Å². The molecule has 4 heterocycles. The highest BCUT2D eigenvalue weighted by Gasteiger charge is 2.36. The molecule has 0 radical (unpaired) electrons. The van der Waals surface area contributed by atoms with Crippen LogP contribution in [0, 0.1) is 13.8 Å². The molecule has 1 aromatic carbocycles. The molecule has 0 N–H and O–H groups in total. The van der Waals surface area contributed by atoms with Crippen molar-refractivity contribution in [3.63, 3.8) is 0 Å². The minimum atomic E-state index is -4.65. The van der Waals surface area contributed by atoms with Crippen molar-refractivity contribution in [2.45, 2.75) is 52.9 Å². The van der Waals surface area contributed by atoms with Gasteiger partial charge in [0.25, 0.3) is 11.5 Å². The van der Waals surface area contributed by atoms with Crippen LogP contribution >= 0.6 is 15.9 Å². The summed E-state index contributed by atoms with van der Waals surface area (Å²) in [5, 5.41) is 4.53. The second kappa shape index (κ2) is 11.3. The van der Waals surface area contributed by atoms with Gasteiger partial charge >= 0.3 is 6.18 Å². The van der Waals surface area contributed by atoms with Gasteiger partial charge in [-0.05, 0) is 71.2 Å². The monoisotopic (exact) mass is 654 g/mol.